The van der Waals surface area contributed by atoms with Gasteiger partial charge in [-0.1, -0.05) is 42.5 Å². The molecule has 0 N–H and O–H groups in total. The van der Waals surface area contributed by atoms with E-state index in [1.807, 2.05) is 42.5 Å². The second kappa shape index (κ2) is 8.04. The Balaban J connectivity index is 2.35. The highest BCUT2D eigenvalue weighted by Crippen LogP contribution is 2.26. The third kappa shape index (κ3) is 4.85. The van der Waals surface area contributed by atoms with Crippen LogP contribution in [-0.2, 0) is 14.3 Å². The van der Waals surface area contributed by atoms with E-state index in [0.717, 1.165) is 11.1 Å². The van der Waals surface area contributed by atoms with Crippen molar-refractivity contribution in [1.82, 2.24) is 0 Å². The molecular formula is C21H25NO4. The summed E-state index contributed by atoms with van der Waals surface area (Å²) >= 11 is 0. The van der Waals surface area contributed by atoms with E-state index in [1.54, 1.807) is 39.8 Å². The quantitative estimate of drug-likeness (QED) is 0.749. The molecule has 1 amide bonds. The van der Waals surface area contributed by atoms with Crippen LogP contribution in [0.1, 0.15) is 27.7 Å². The molecule has 0 bridgehead atoms. The van der Waals surface area contributed by atoms with Crippen LogP contribution in [-0.4, -0.2) is 30.8 Å². The van der Waals surface area contributed by atoms with Gasteiger partial charge in [-0.15, -0.1) is 0 Å². The topological polar surface area (TPSA) is 55.8 Å². The Morgan fingerprint density at radius 2 is 1.46 bits per heavy atom. The van der Waals surface area contributed by atoms with Gasteiger partial charge in [0, 0.05) is 5.69 Å². The Labute approximate surface area is 154 Å². The van der Waals surface area contributed by atoms with Crippen molar-refractivity contribution in [3.05, 3.63) is 54.6 Å². The Bertz CT molecular complexity index is 748. The van der Waals surface area contributed by atoms with Gasteiger partial charge in [0.1, 0.15) is 11.6 Å². The second-order valence-electron chi connectivity index (χ2n) is 6.96. The van der Waals surface area contributed by atoms with Gasteiger partial charge in [0.15, 0.2) is 0 Å². The predicted octanol–water partition coefficient (Wildman–Crippen LogP) is 4.66. The molecule has 2 aromatic rings. The molecule has 0 spiro atoms. The molecule has 0 saturated heterocycles. The highest BCUT2D eigenvalue weighted by molar-refractivity contribution is 5.95. The number of amides is 1. The van der Waals surface area contributed by atoms with Crippen molar-refractivity contribution in [2.24, 2.45) is 0 Å². The number of carbonyl (C=O) groups is 2. The maximum absolute atomic E-state index is 12.7. The Kier molecular flexibility index (Phi) is 6.03. The van der Waals surface area contributed by atoms with E-state index in [2.05, 4.69) is 0 Å². The normalized spacial score (nSPS) is 12.2. The monoisotopic (exact) mass is 355 g/mol. The minimum Gasteiger partial charge on any atom is -0.467 e. The lowest BCUT2D eigenvalue weighted by molar-refractivity contribution is -0.141. The number of ether oxygens (including phenoxy) is 2. The van der Waals surface area contributed by atoms with Crippen LogP contribution in [0.25, 0.3) is 11.1 Å². The van der Waals surface area contributed by atoms with Crippen molar-refractivity contribution < 1.29 is 19.1 Å². The maximum Gasteiger partial charge on any atom is 0.415 e. The van der Waals surface area contributed by atoms with Gasteiger partial charge in [-0.25, -0.2) is 9.59 Å². The van der Waals surface area contributed by atoms with Gasteiger partial charge in [-0.05, 0) is 51.0 Å². The van der Waals surface area contributed by atoms with Crippen LogP contribution >= 0.6 is 0 Å². The van der Waals surface area contributed by atoms with Crippen LogP contribution in [0.15, 0.2) is 54.6 Å². The van der Waals surface area contributed by atoms with E-state index >= 15 is 0 Å². The SMILES string of the molecule is COC(=O)C(C)N(C(=O)OC(C)(C)C)c1ccc(-c2ccccc2)cc1. The first-order valence-corrected chi connectivity index (χ1v) is 8.48. The average Bonchev–Trinajstić information content (AvgIpc) is 2.61. The summed E-state index contributed by atoms with van der Waals surface area (Å²) in [6.45, 7) is 6.96. The number of methoxy groups -OCH3 is 1. The number of esters is 1. The van der Waals surface area contributed by atoms with Crippen LogP contribution in [0.5, 0.6) is 0 Å². The molecule has 138 valence electrons. The summed E-state index contributed by atoms with van der Waals surface area (Å²) in [5, 5.41) is 0. The lowest BCUT2D eigenvalue weighted by Gasteiger charge is -2.30. The van der Waals surface area contributed by atoms with E-state index in [9.17, 15) is 9.59 Å². The molecule has 0 aromatic heterocycles. The summed E-state index contributed by atoms with van der Waals surface area (Å²) in [4.78, 5) is 26.0. The van der Waals surface area contributed by atoms with Crippen molar-refractivity contribution >= 4 is 17.7 Å². The zero-order valence-electron chi connectivity index (χ0n) is 15.9. The molecule has 26 heavy (non-hydrogen) atoms. The smallest absolute Gasteiger partial charge is 0.415 e. The number of anilines is 1. The van der Waals surface area contributed by atoms with Crippen LogP contribution < -0.4 is 4.90 Å². The highest BCUT2D eigenvalue weighted by atomic mass is 16.6. The van der Waals surface area contributed by atoms with Gasteiger partial charge < -0.3 is 9.47 Å². The number of benzene rings is 2. The minimum atomic E-state index is -0.808. The summed E-state index contributed by atoms with van der Waals surface area (Å²) < 4.78 is 10.3. The van der Waals surface area contributed by atoms with Crippen LogP contribution in [0.3, 0.4) is 0 Å². The van der Waals surface area contributed by atoms with E-state index in [1.165, 1.54) is 12.0 Å². The summed E-state index contributed by atoms with van der Waals surface area (Å²) in [5.41, 5.74) is 1.99. The molecule has 2 aromatic carbocycles. The van der Waals surface area contributed by atoms with Gasteiger partial charge in [-0.3, -0.25) is 4.90 Å². The number of rotatable bonds is 4. The lowest BCUT2D eigenvalue weighted by Crippen LogP contribution is -2.46. The summed E-state index contributed by atoms with van der Waals surface area (Å²) in [6.07, 6.45) is -0.595. The molecule has 5 nitrogen and oxygen atoms in total. The van der Waals surface area contributed by atoms with Crippen LogP contribution in [0.4, 0.5) is 10.5 Å². The highest BCUT2D eigenvalue weighted by Gasteiger charge is 2.31. The first kappa shape index (κ1) is 19.5. The van der Waals surface area contributed by atoms with Crippen molar-refractivity contribution in [2.75, 3.05) is 12.0 Å². The van der Waals surface area contributed by atoms with Crippen molar-refractivity contribution in [2.45, 2.75) is 39.3 Å². The molecular weight excluding hydrogens is 330 g/mol. The van der Waals surface area contributed by atoms with Gasteiger partial charge in [0.2, 0.25) is 0 Å². The number of carbonyl (C=O) groups excluding carboxylic acids is 2. The van der Waals surface area contributed by atoms with E-state index < -0.39 is 23.7 Å². The number of hydrogen-bond acceptors (Lipinski definition) is 4. The zero-order chi connectivity index (χ0) is 19.3. The molecule has 0 radical (unpaired) electrons. The van der Waals surface area contributed by atoms with E-state index in [-0.39, 0.29) is 0 Å². The fraction of sp³-hybridized carbons (Fsp3) is 0.333. The fourth-order valence-corrected chi connectivity index (χ4v) is 2.52. The molecule has 0 saturated carbocycles. The van der Waals surface area contributed by atoms with E-state index in [0.29, 0.717) is 5.69 Å². The Hall–Kier alpha value is -2.82. The van der Waals surface area contributed by atoms with Crippen molar-refractivity contribution in [3.8, 4) is 11.1 Å². The third-order valence-electron chi connectivity index (χ3n) is 3.77. The van der Waals surface area contributed by atoms with Crippen LogP contribution in [0.2, 0.25) is 0 Å². The first-order valence-electron chi connectivity index (χ1n) is 8.48. The number of hydrogen-bond donors (Lipinski definition) is 0. The van der Waals surface area contributed by atoms with Crippen LogP contribution in [0, 0.1) is 0 Å². The largest absolute Gasteiger partial charge is 0.467 e. The molecule has 0 aliphatic rings. The molecule has 5 heteroatoms. The molecule has 2 rings (SSSR count). The van der Waals surface area contributed by atoms with Gasteiger partial charge >= 0.3 is 12.1 Å². The minimum absolute atomic E-state index is 0.511. The van der Waals surface area contributed by atoms with Crippen molar-refractivity contribution in [1.29, 1.82) is 0 Å². The predicted molar refractivity (Wildman–Crippen MR) is 102 cm³/mol. The number of nitrogens with zero attached hydrogens (tertiary/aromatic N) is 1. The average molecular weight is 355 g/mol. The lowest BCUT2D eigenvalue weighted by atomic mass is 10.1. The molecule has 0 aliphatic heterocycles. The molecule has 1 unspecified atom stereocenters. The Morgan fingerprint density at radius 1 is 0.923 bits per heavy atom. The molecule has 0 heterocycles. The fourth-order valence-electron chi connectivity index (χ4n) is 2.52. The van der Waals surface area contributed by atoms with Gasteiger partial charge in [-0.2, -0.15) is 0 Å². The molecule has 0 fully saturated rings. The summed E-state index contributed by atoms with van der Waals surface area (Å²) in [6, 6.07) is 16.5. The molecule has 0 aliphatic carbocycles. The second-order valence-corrected chi connectivity index (χ2v) is 6.96. The van der Waals surface area contributed by atoms with Crippen molar-refractivity contribution in [3.63, 3.8) is 0 Å². The summed E-state index contributed by atoms with van der Waals surface area (Å²) in [5.74, 6) is -0.511. The maximum atomic E-state index is 12.7. The van der Waals surface area contributed by atoms with Gasteiger partial charge in [0.25, 0.3) is 0 Å². The standard InChI is InChI=1S/C21H25NO4/c1-15(19(23)25-5)22(20(24)26-21(2,3)4)18-13-11-17(12-14-18)16-9-7-6-8-10-16/h6-15H,1-5H3. The molecule has 1 atom stereocenters. The third-order valence-corrected chi connectivity index (χ3v) is 3.77. The summed E-state index contributed by atoms with van der Waals surface area (Å²) in [7, 11) is 1.30. The first-order chi connectivity index (χ1) is 12.2. The van der Waals surface area contributed by atoms with Gasteiger partial charge in [0.05, 0.1) is 7.11 Å². The Morgan fingerprint density at radius 3 is 1.96 bits per heavy atom. The zero-order valence-corrected chi connectivity index (χ0v) is 15.9. The van der Waals surface area contributed by atoms with E-state index in [4.69, 9.17) is 9.47 Å².